The van der Waals surface area contributed by atoms with Crippen LogP contribution in [0.5, 0.6) is 0 Å². The van der Waals surface area contributed by atoms with Crippen LogP contribution in [0.2, 0.25) is 0 Å². The van der Waals surface area contributed by atoms with Gasteiger partial charge in [0, 0.05) is 45.1 Å². The fourth-order valence-corrected chi connectivity index (χ4v) is 3.09. The average Bonchev–Trinajstić information content (AvgIpc) is 3.06. The van der Waals surface area contributed by atoms with Crippen LogP contribution in [0.3, 0.4) is 0 Å². The molecule has 0 atom stereocenters. The van der Waals surface area contributed by atoms with Crippen LogP contribution in [0.4, 0.5) is 0 Å². The Balaban J connectivity index is 1.39. The van der Waals surface area contributed by atoms with Crippen molar-refractivity contribution in [3.05, 3.63) is 66.4 Å². The van der Waals surface area contributed by atoms with Crippen molar-refractivity contribution < 1.29 is 4.79 Å². The monoisotopic (exact) mass is 321 g/mol. The van der Waals surface area contributed by atoms with Crippen LogP contribution in [-0.2, 0) is 6.54 Å². The van der Waals surface area contributed by atoms with Crippen LogP contribution >= 0.6 is 0 Å². The molecule has 24 heavy (non-hydrogen) atoms. The smallest absolute Gasteiger partial charge is 0.272 e. The molecule has 1 amide bonds. The number of aromatic nitrogens is 3. The third kappa shape index (κ3) is 2.88. The summed E-state index contributed by atoms with van der Waals surface area (Å²) in [7, 11) is 0. The fraction of sp³-hybridized carbons (Fsp3) is 0.278. The SMILES string of the molecule is O=C(c1ccccn1)N1CCN(Cc2cnc3ccccn23)CC1. The topological polar surface area (TPSA) is 53.7 Å². The molecule has 0 aromatic carbocycles. The molecule has 0 saturated carbocycles. The van der Waals surface area contributed by atoms with Gasteiger partial charge < -0.3 is 9.30 Å². The first-order chi connectivity index (χ1) is 11.8. The number of hydrogen-bond donors (Lipinski definition) is 0. The highest BCUT2D eigenvalue weighted by atomic mass is 16.2. The third-order valence-corrected chi connectivity index (χ3v) is 4.42. The highest BCUT2D eigenvalue weighted by molar-refractivity contribution is 5.92. The van der Waals surface area contributed by atoms with Gasteiger partial charge in [0.25, 0.3) is 5.91 Å². The lowest BCUT2D eigenvalue weighted by atomic mass is 10.2. The quantitative estimate of drug-likeness (QED) is 0.737. The number of nitrogens with zero attached hydrogens (tertiary/aromatic N) is 5. The predicted octanol–water partition coefficient (Wildman–Crippen LogP) is 1.69. The van der Waals surface area contributed by atoms with Gasteiger partial charge in [0.05, 0.1) is 11.9 Å². The summed E-state index contributed by atoms with van der Waals surface area (Å²) in [6.07, 6.45) is 5.63. The lowest BCUT2D eigenvalue weighted by Crippen LogP contribution is -2.48. The molecule has 1 aliphatic heterocycles. The molecule has 0 radical (unpaired) electrons. The van der Waals surface area contributed by atoms with Gasteiger partial charge in [-0.25, -0.2) is 4.98 Å². The van der Waals surface area contributed by atoms with Crippen LogP contribution in [-0.4, -0.2) is 56.3 Å². The number of carbonyl (C=O) groups excluding carboxylic acids is 1. The molecule has 1 fully saturated rings. The molecule has 0 spiro atoms. The molecule has 122 valence electrons. The Morgan fingerprint density at radius 1 is 1.00 bits per heavy atom. The van der Waals surface area contributed by atoms with Crippen LogP contribution in [0.1, 0.15) is 16.2 Å². The highest BCUT2D eigenvalue weighted by Gasteiger charge is 2.23. The number of imidazole rings is 1. The molecule has 0 N–H and O–H groups in total. The minimum Gasteiger partial charge on any atom is -0.335 e. The first kappa shape index (κ1) is 14.8. The molecular weight excluding hydrogens is 302 g/mol. The summed E-state index contributed by atoms with van der Waals surface area (Å²) in [5, 5.41) is 0. The van der Waals surface area contributed by atoms with E-state index < -0.39 is 0 Å². The van der Waals surface area contributed by atoms with Gasteiger partial charge in [-0.2, -0.15) is 0 Å². The highest BCUT2D eigenvalue weighted by Crippen LogP contribution is 2.12. The Bertz CT molecular complexity index is 837. The standard InChI is InChI=1S/C18H19N5O/c24-18(16-5-1-3-7-19-16)22-11-9-21(10-12-22)14-15-13-20-17-6-2-4-8-23(15)17/h1-8,13H,9-12,14H2. The minimum absolute atomic E-state index is 0.0186. The molecule has 0 bridgehead atoms. The number of rotatable bonds is 3. The molecule has 0 unspecified atom stereocenters. The van der Waals surface area contributed by atoms with Crippen LogP contribution in [0, 0.1) is 0 Å². The lowest BCUT2D eigenvalue weighted by molar-refractivity contribution is 0.0621. The number of piperazine rings is 1. The number of hydrogen-bond acceptors (Lipinski definition) is 4. The van der Waals surface area contributed by atoms with E-state index in [2.05, 4.69) is 19.3 Å². The molecular formula is C18H19N5O. The van der Waals surface area contributed by atoms with Gasteiger partial charge >= 0.3 is 0 Å². The first-order valence-electron chi connectivity index (χ1n) is 8.15. The maximum absolute atomic E-state index is 12.4. The van der Waals surface area contributed by atoms with E-state index >= 15 is 0 Å². The van der Waals surface area contributed by atoms with Crippen molar-refractivity contribution in [1.29, 1.82) is 0 Å². The molecule has 0 aliphatic carbocycles. The normalized spacial score (nSPS) is 15.8. The van der Waals surface area contributed by atoms with Crippen molar-refractivity contribution in [1.82, 2.24) is 24.2 Å². The molecule has 1 saturated heterocycles. The van der Waals surface area contributed by atoms with E-state index in [-0.39, 0.29) is 5.91 Å². The second-order valence-electron chi connectivity index (χ2n) is 5.96. The second kappa shape index (κ2) is 6.41. The summed E-state index contributed by atoms with van der Waals surface area (Å²) in [5.41, 5.74) is 2.67. The lowest BCUT2D eigenvalue weighted by Gasteiger charge is -2.34. The summed E-state index contributed by atoms with van der Waals surface area (Å²) in [4.78, 5) is 25.3. The summed E-state index contributed by atoms with van der Waals surface area (Å²) in [5.74, 6) is 0.0186. The third-order valence-electron chi connectivity index (χ3n) is 4.42. The largest absolute Gasteiger partial charge is 0.335 e. The van der Waals surface area contributed by atoms with Crippen molar-refractivity contribution in [2.45, 2.75) is 6.54 Å². The molecule has 3 aromatic heterocycles. The van der Waals surface area contributed by atoms with Gasteiger partial charge in [0.15, 0.2) is 0 Å². The van der Waals surface area contributed by atoms with E-state index in [1.807, 2.05) is 47.6 Å². The Morgan fingerprint density at radius 2 is 1.83 bits per heavy atom. The molecule has 3 aromatic rings. The zero-order valence-corrected chi connectivity index (χ0v) is 13.4. The summed E-state index contributed by atoms with van der Waals surface area (Å²) >= 11 is 0. The zero-order chi connectivity index (χ0) is 16.4. The average molecular weight is 321 g/mol. The summed E-state index contributed by atoms with van der Waals surface area (Å²) in [6.45, 7) is 4.02. The van der Waals surface area contributed by atoms with E-state index in [1.54, 1.807) is 12.3 Å². The van der Waals surface area contributed by atoms with Crippen molar-refractivity contribution in [3.8, 4) is 0 Å². The van der Waals surface area contributed by atoms with E-state index in [0.29, 0.717) is 5.69 Å². The van der Waals surface area contributed by atoms with Crippen molar-refractivity contribution >= 4 is 11.6 Å². The Morgan fingerprint density at radius 3 is 2.62 bits per heavy atom. The van der Waals surface area contributed by atoms with E-state index in [0.717, 1.165) is 38.4 Å². The summed E-state index contributed by atoms with van der Waals surface area (Å²) < 4.78 is 2.12. The van der Waals surface area contributed by atoms with Gasteiger partial charge in [0.1, 0.15) is 11.3 Å². The fourth-order valence-electron chi connectivity index (χ4n) is 3.09. The van der Waals surface area contributed by atoms with Crippen molar-refractivity contribution in [3.63, 3.8) is 0 Å². The van der Waals surface area contributed by atoms with Gasteiger partial charge in [-0.05, 0) is 24.3 Å². The zero-order valence-electron chi connectivity index (χ0n) is 13.4. The summed E-state index contributed by atoms with van der Waals surface area (Å²) in [6, 6.07) is 11.5. The Kier molecular flexibility index (Phi) is 3.96. The Labute approximate surface area is 140 Å². The first-order valence-corrected chi connectivity index (χ1v) is 8.15. The van der Waals surface area contributed by atoms with Crippen LogP contribution < -0.4 is 0 Å². The number of amides is 1. The van der Waals surface area contributed by atoms with Crippen molar-refractivity contribution in [2.24, 2.45) is 0 Å². The van der Waals surface area contributed by atoms with Gasteiger partial charge in [0.2, 0.25) is 0 Å². The van der Waals surface area contributed by atoms with Crippen molar-refractivity contribution in [2.75, 3.05) is 26.2 Å². The van der Waals surface area contributed by atoms with Gasteiger partial charge in [-0.1, -0.05) is 12.1 Å². The maximum atomic E-state index is 12.4. The van der Waals surface area contributed by atoms with Crippen LogP contribution in [0.25, 0.3) is 5.65 Å². The van der Waals surface area contributed by atoms with E-state index in [4.69, 9.17) is 0 Å². The molecule has 4 rings (SSSR count). The molecule has 6 nitrogen and oxygen atoms in total. The molecule has 4 heterocycles. The van der Waals surface area contributed by atoms with Gasteiger partial charge in [-0.3, -0.25) is 14.7 Å². The number of fused-ring (bicyclic) bond motifs is 1. The number of carbonyl (C=O) groups is 1. The van der Waals surface area contributed by atoms with Gasteiger partial charge in [-0.15, -0.1) is 0 Å². The maximum Gasteiger partial charge on any atom is 0.272 e. The predicted molar refractivity (Wildman–Crippen MR) is 90.6 cm³/mol. The van der Waals surface area contributed by atoms with E-state index in [9.17, 15) is 4.79 Å². The molecule has 6 heteroatoms. The Hall–Kier alpha value is -2.73. The van der Waals surface area contributed by atoms with E-state index in [1.165, 1.54) is 5.69 Å². The van der Waals surface area contributed by atoms with Crippen LogP contribution in [0.15, 0.2) is 55.0 Å². The number of pyridine rings is 2. The molecule has 1 aliphatic rings. The minimum atomic E-state index is 0.0186. The second-order valence-corrected chi connectivity index (χ2v) is 5.96.